The molecule has 0 spiro atoms. The molecule has 3 N–H and O–H groups in total. The number of nitrogens with zero attached hydrogens (tertiary/aromatic N) is 3. The third-order valence-electron chi connectivity index (χ3n) is 4.78. The van der Waals surface area contributed by atoms with Gasteiger partial charge in [0.25, 0.3) is 11.8 Å². The molecule has 34 heavy (non-hydrogen) atoms. The summed E-state index contributed by atoms with van der Waals surface area (Å²) in [4.78, 5) is 15.8. The number of aromatic nitrogens is 3. The lowest BCUT2D eigenvalue weighted by molar-refractivity contribution is -0.137. The number of halogens is 3. The summed E-state index contributed by atoms with van der Waals surface area (Å²) in [7, 11) is 0. The summed E-state index contributed by atoms with van der Waals surface area (Å²) in [5, 5.41) is 28.4. The molecule has 0 bridgehead atoms. The molecular weight excluding hydrogens is 457 g/mol. The second-order valence-corrected chi connectivity index (χ2v) is 7.06. The Hall–Kier alpha value is -4.03. The minimum atomic E-state index is -4.80. The van der Waals surface area contributed by atoms with Crippen molar-refractivity contribution in [3.63, 3.8) is 0 Å². The molecule has 1 atom stereocenters. The van der Waals surface area contributed by atoms with E-state index in [2.05, 4.69) is 20.6 Å². The monoisotopic (exact) mass is 474 g/mol. The van der Waals surface area contributed by atoms with E-state index in [1.807, 2.05) is 0 Å². The van der Waals surface area contributed by atoms with E-state index < -0.39 is 41.1 Å². The topological polar surface area (TPSA) is 135 Å². The van der Waals surface area contributed by atoms with Crippen LogP contribution in [-0.2, 0) is 11.0 Å². The summed E-state index contributed by atoms with van der Waals surface area (Å²) in [6, 6.07) is 13.5. The number of aliphatic hydroxyl groups excluding tert-OH is 2. The van der Waals surface area contributed by atoms with Crippen LogP contribution in [0.15, 0.2) is 63.6 Å². The van der Waals surface area contributed by atoms with E-state index in [4.69, 9.17) is 14.2 Å². The second-order valence-electron chi connectivity index (χ2n) is 7.06. The van der Waals surface area contributed by atoms with Gasteiger partial charge in [0.2, 0.25) is 5.82 Å². The van der Waals surface area contributed by atoms with Crippen molar-refractivity contribution in [3.05, 3.63) is 65.7 Å². The van der Waals surface area contributed by atoms with Gasteiger partial charge in [0.15, 0.2) is 17.6 Å². The number of amides is 1. The SMILES string of the molecule is O=C(NCCO)[C@@H](O)c1ccc(-c2noc(-c3noc(-c4ccccc4)c3C(F)(F)F)n2)cc1. The maximum atomic E-state index is 13.8. The van der Waals surface area contributed by atoms with Crippen LogP contribution >= 0.6 is 0 Å². The van der Waals surface area contributed by atoms with Gasteiger partial charge in [-0.25, -0.2) is 0 Å². The first kappa shape index (κ1) is 23.1. The number of carbonyl (C=O) groups excluding carboxylic acids is 1. The maximum Gasteiger partial charge on any atom is 0.422 e. The smallest absolute Gasteiger partial charge is 0.395 e. The van der Waals surface area contributed by atoms with Gasteiger partial charge in [0.1, 0.15) is 5.56 Å². The van der Waals surface area contributed by atoms with Gasteiger partial charge in [-0.15, -0.1) is 0 Å². The lowest BCUT2D eigenvalue weighted by atomic mass is 10.1. The van der Waals surface area contributed by atoms with Crippen LogP contribution in [0, 0.1) is 0 Å². The third kappa shape index (κ3) is 4.67. The molecule has 2 heterocycles. The van der Waals surface area contributed by atoms with Gasteiger partial charge in [-0.05, 0) is 5.56 Å². The fourth-order valence-electron chi connectivity index (χ4n) is 3.16. The minimum Gasteiger partial charge on any atom is -0.395 e. The molecule has 0 radical (unpaired) electrons. The quantitative estimate of drug-likeness (QED) is 0.372. The molecule has 176 valence electrons. The normalized spacial score (nSPS) is 12.5. The number of benzene rings is 2. The van der Waals surface area contributed by atoms with Gasteiger partial charge in [-0.3, -0.25) is 4.79 Å². The highest BCUT2D eigenvalue weighted by Crippen LogP contribution is 2.43. The van der Waals surface area contributed by atoms with Crippen molar-refractivity contribution in [2.75, 3.05) is 13.2 Å². The van der Waals surface area contributed by atoms with Gasteiger partial charge in [-0.2, -0.15) is 18.2 Å². The van der Waals surface area contributed by atoms with E-state index in [1.54, 1.807) is 18.2 Å². The van der Waals surface area contributed by atoms with Crippen molar-refractivity contribution in [2.45, 2.75) is 12.3 Å². The second kappa shape index (κ2) is 9.45. The Morgan fingerprint density at radius 3 is 2.35 bits per heavy atom. The number of carbonyl (C=O) groups is 1. The fraction of sp³-hybridized carbons (Fsp3) is 0.182. The Kier molecular flexibility index (Phi) is 6.43. The van der Waals surface area contributed by atoms with Crippen LogP contribution in [-0.4, -0.2) is 44.6 Å². The lowest BCUT2D eigenvalue weighted by Crippen LogP contribution is -2.31. The average molecular weight is 474 g/mol. The largest absolute Gasteiger partial charge is 0.422 e. The van der Waals surface area contributed by atoms with E-state index in [-0.39, 0.29) is 30.1 Å². The van der Waals surface area contributed by atoms with Crippen molar-refractivity contribution in [1.29, 1.82) is 0 Å². The molecule has 4 aromatic rings. The number of hydrogen-bond donors (Lipinski definition) is 3. The molecule has 0 aliphatic rings. The van der Waals surface area contributed by atoms with Crippen LogP contribution in [0.4, 0.5) is 13.2 Å². The molecule has 0 aliphatic carbocycles. The summed E-state index contributed by atoms with van der Waals surface area (Å²) in [5.74, 6) is -1.68. The molecular formula is C22H17F3N4O5. The molecule has 1 amide bonds. The maximum absolute atomic E-state index is 13.8. The van der Waals surface area contributed by atoms with Crippen LogP contribution in [0.5, 0.6) is 0 Å². The highest BCUT2D eigenvalue weighted by atomic mass is 19.4. The molecule has 0 fully saturated rings. The van der Waals surface area contributed by atoms with Gasteiger partial charge in [0, 0.05) is 17.7 Å². The van der Waals surface area contributed by atoms with Crippen LogP contribution in [0.1, 0.15) is 17.2 Å². The molecule has 9 nitrogen and oxygen atoms in total. The van der Waals surface area contributed by atoms with Crippen molar-refractivity contribution >= 4 is 5.91 Å². The molecule has 0 unspecified atom stereocenters. The van der Waals surface area contributed by atoms with Crippen molar-refractivity contribution in [3.8, 4) is 34.3 Å². The number of alkyl halides is 3. The zero-order valence-corrected chi connectivity index (χ0v) is 17.3. The van der Waals surface area contributed by atoms with Crippen molar-refractivity contribution in [1.82, 2.24) is 20.6 Å². The fourth-order valence-corrected chi connectivity index (χ4v) is 3.16. The zero-order valence-electron chi connectivity index (χ0n) is 17.3. The average Bonchev–Trinajstić information content (AvgIpc) is 3.50. The van der Waals surface area contributed by atoms with Crippen LogP contribution in [0.25, 0.3) is 34.3 Å². The Morgan fingerprint density at radius 1 is 1.00 bits per heavy atom. The third-order valence-corrected chi connectivity index (χ3v) is 4.78. The van der Waals surface area contributed by atoms with E-state index in [0.717, 1.165) is 0 Å². The minimum absolute atomic E-state index is 0.00639. The number of aliphatic hydroxyl groups is 2. The summed E-state index contributed by atoms with van der Waals surface area (Å²) < 4.78 is 51.6. The summed E-state index contributed by atoms with van der Waals surface area (Å²) >= 11 is 0. The molecule has 4 rings (SSSR count). The molecule has 0 aliphatic heterocycles. The molecule has 0 saturated carbocycles. The molecule has 12 heteroatoms. The molecule has 0 saturated heterocycles. The van der Waals surface area contributed by atoms with Gasteiger partial charge < -0.3 is 24.6 Å². The Morgan fingerprint density at radius 2 is 1.71 bits per heavy atom. The van der Waals surface area contributed by atoms with Gasteiger partial charge >= 0.3 is 6.18 Å². The Labute approximate surface area is 189 Å². The van der Waals surface area contributed by atoms with Crippen molar-refractivity contribution < 1.29 is 37.2 Å². The lowest BCUT2D eigenvalue weighted by Gasteiger charge is -2.11. The van der Waals surface area contributed by atoms with E-state index in [1.165, 1.54) is 36.4 Å². The predicted octanol–water partition coefficient (Wildman–Crippen LogP) is 3.22. The number of rotatable bonds is 7. The standard InChI is InChI=1S/C22H17F3N4O5/c23-22(24,25)15-16(28-33-18(15)13-4-2-1-3-5-13)21-27-19(29-34-21)14-8-6-12(7-9-14)17(31)20(32)26-10-11-30/h1-9,17,30-31H,10-11H2,(H,26,32)/t17-/m0/s1. The summed E-state index contributed by atoms with van der Waals surface area (Å²) in [5.41, 5.74) is -0.974. The summed E-state index contributed by atoms with van der Waals surface area (Å²) in [6.45, 7) is -0.278. The van der Waals surface area contributed by atoms with Gasteiger partial charge in [0.05, 0.1) is 6.61 Å². The Balaban J connectivity index is 1.62. The van der Waals surface area contributed by atoms with E-state index in [0.29, 0.717) is 5.56 Å². The first-order valence-electron chi connectivity index (χ1n) is 9.93. The zero-order chi connectivity index (χ0) is 24.3. The van der Waals surface area contributed by atoms with E-state index >= 15 is 0 Å². The highest BCUT2D eigenvalue weighted by Gasteiger charge is 2.42. The van der Waals surface area contributed by atoms with Crippen LogP contribution in [0.3, 0.4) is 0 Å². The predicted molar refractivity (Wildman–Crippen MR) is 111 cm³/mol. The first-order valence-corrected chi connectivity index (χ1v) is 9.93. The van der Waals surface area contributed by atoms with Crippen LogP contribution in [0.2, 0.25) is 0 Å². The summed E-state index contributed by atoms with van der Waals surface area (Å²) in [6.07, 6.45) is -6.27. The van der Waals surface area contributed by atoms with E-state index in [9.17, 15) is 23.1 Å². The molecule has 2 aromatic carbocycles. The number of nitrogens with one attached hydrogen (secondary N) is 1. The van der Waals surface area contributed by atoms with Crippen molar-refractivity contribution in [2.24, 2.45) is 0 Å². The first-order chi connectivity index (χ1) is 16.3. The Bertz CT molecular complexity index is 1270. The van der Waals surface area contributed by atoms with Crippen LogP contribution < -0.4 is 5.32 Å². The highest BCUT2D eigenvalue weighted by molar-refractivity contribution is 5.82. The van der Waals surface area contributed by atoms with Gasteiger partial charge in [-0.1, -0.05) is 64.9 Å². The molecule has 2 aromatic heterocycles. The number of hydrogen-bond acceptors (Lipinski definition) is 8.